The lowest BCUT2D eigenvalue weighted by molar-refractivity contribution is -0.0738. The molecule has 0 radical (unpaired) electrons. The molecule has 0 bridgehead atoms. The second kappa shape index (κ2) is 8.28. The molecule has 0 amide bonds. The second-order valence-electron chi connectivity index (χ2n) is 7.56. The summed E-state index contributed by atoms with van der Waals surface area (Å²) in [5, 5.41) is 0. The quantitative estimate of drug-likeness (QED) is 0.465. The van der Waals surface area contributed by atoms with Crippen LogP contribution in [0.3, 0.4) is 0 Å². The van der Waals surface area contributed by atoms with E-state index in [9.17, 15) is 13.2 Å². The average Bonchev–Trinajstić information content (AvgIpc) is 2.62. The van der Waals surface area contributed by atoms with Gasteiger partial charge < -0.3 is 0 Å². The number of hydrogen-bond acceptors (Lipinski definition) is 0. The molecule has 1 aliphatic carbocycles. The number of rotatable bonds is 6. The van der Waals surface area contributed by atoms with Crippen molar-refractivity contribution in [1.29, 1.82) is 0 Å². The van der Waals surface area contributed by atoms with Gasteiger partial charge in [-0.2, -0.15) is 0 Å². The fraction of sp³-hybridized carbons (Fsp3) is 0.478. The molecule has 0 nitrogen and oxygen atoms in total. The van der Waals surface area contributed by atoms with Crippen LogP contribution >= 0.6 is 0 Å². The van der Waals surface area contributed by atoms with Crippen LogP contribution in [0.15, 0.2) is 48.5 Å². The van der Waals surface area contributed by atoms with Crippen molar-refractivity contribution in [3.05, 3.63) is 59.9 Å². The molecule has 1 aliphatic rings. The molecule has 0 heterocycles. The third-order valence-corrected chi connectivity index (χ3v) is 5.63. The predicted molar refractivity (Wildman–Crippen MR) is 101 cm³/mol. The van der Waals surface area contributed by atoms with Gasteiger partial charge in [-0.05, 0) is 36.0 Å². The monoisotopic (exact) mass is 360 g/mol. The maximum Gasteiger partial charge on any atom is 0.255 e. The molecule has 2 aromatic rings. The molecule has 1 saturated carbocycles. The summed E-state index contributed by atoms with van der Waals surface area (Å²) in [4.78, 5) is 0. The minimum atomic E-state index is -2.75. The lowest BCUT2D eigenvalue weighted by Crippen LogP contribution is -2.34. The van der Waals surface area contributed by atoms with Crippen molar-refractivity contribution in [2.24, 2.45) is 5.92 Å². The number of halogens is 3. The minimum Gasteiger partial charge on any atom is -0.206 e. The topological polar surface area (TPSA) is 0 Å². The van der Waals surface area contributed by atoms with E-state index < -0.39 is 17.7 Å². The highest BCUT2D eigenvalue weighted by Gasteiger charge is 2.45. The smallest absolute Gasteiger partial charge is 0.206 e. The van der Waals surface area contributed by atoms with Gasteiger partial charge in [-0.1, -0.05) is 75.1 Å². The Balaban J connectivity index is 1.74. The Hall–Kier alpha value is -1.77. The van der Waals surface area contributed by atoms with E-state index in [0.717, 1.165) is 37.7 Å². The fourth-order valence-electron chi connectivity index (χ4n) is 4.18. The van der Waals surface area contributed by atoms with Crippen LogP contribution < -0.4 is 0 Å². The van der Waals surface area contributed by atoms with E-state index in [1.165, 1.54) is 6.07 Å². The Morgan fingerprint density at radius 1 is 1.00 bits per heavy atom. The summed E-state index contributed by atoms with van der Waals surface area (Å²) in [7, 11) is 0. The molecular formula is C23H27F3. The number of alkyl halides is 2. The Bertz CT molecular complexity index is 709. The van der Waals surface area contributed by atoms with E-state index in [0.29, 0.717) is 17.5 Å². The summed E-state index contributed by atoms with van der Waals surface area (Å²) >= 11 is 0. The lowest BCUT2D eigenvalue weighted by Gasteiger charge is -2.36. The number of hydrogen-bond donors (Lipinski definition) is 0. The van der Waals surface area contributed by atoms with Crippen molar-refractivity contribution in [1.82, 2.24) is 0 Å². The zero-order chi connectivity index (χ0) is 18.6. The summed E-state index contributed by atoms with van der Waals surface area (Å²) in [6, 6.07) is 13.9. The molecule has 0 spiro atoms. The van der Waals surface area contributed by atoms with Gasteiger partial charge in [0.25, 0.3) is 5.92 Å². The molecule has 2 unspecified atom stereocenters. The summed E-state index contributed by atoms with van der Waals surface area (Å²) in [6.07, 6.45) is 5.32. The molecule has 0 N–H and O–H groups in total. The van der Waals surface area contributed by atoms with Gasteiger partial charge >= 0.3 is 0 Å². The van der Waals surface area contributed by atoms with Crippen LogP contribution in [0.25, 0.3) is 11.1 Å². The first-order chi connectivity index (χ1) is 12.5. The molecular weight excluding hydrogens is 333 g/mol. The molecule has 140 valence electrons. The first kappa shape index (κ1) is 19.0. The maximum absolute atomic E-state index is 14.7. The molecule has 0 saturated heterocycles. The zero-order valence-corrected chi connectivity index (χ0v) is 15.4. The summed E-state index contributed by atoms with van der Waals surface area (Å²) in [6.45, 7) is 2.12. The van der Waals surface area contributed by atoms with Crippen molar-refractivity contribution >= 4 is 0 Å². The molecule has 26 heavy (non-hydrogen) atoms. The van der Waals surface area contributed by atoms with E-state index in [-0.39, 0.29) is 12.3 Å². The van der Waals surface area contributed by atoms with Gasteiger partial charge in [0.15, 0.2) is 0 Å². The molecule has 1 fully saturated rings. The van der Waals surface area contributed by atoms with Crippen LogP contribution in [0.2, 0.25) is 0 Å². The first-order valence-corrected chi connectivity index (χ1v) is 9.74. The van der Waals surface area contributed by atoms with Gasteiger partial charge in [0.05, 0.1) is 0 Å². The minimum absolute atomic E-state index is 0.0660. The first-order valence-electron chi connectivity index (χ1n) is 9.74. The van der Waals surface area contributed by atoms with Crippen LogP contribution in [-0.2, 0) is 0 Å². The van der Waals surface area contributed by atoms with Crippen molar-refractivity contribution in [3.8, 4) is 11.1 Å². The Labute approximate surface area is 154 Å². The standard InChI is InChI=1S/C23H27F3/c1-2-3-5-8-17-11-14-21(23(25,26)16-17)19-12-13-20(22(24)15-19)18-9-6-4-7-10-18/h4,6-7,9-10,12-13,15,17,21H,2-3,5,8,11,14,16H2,1H3. The van der Waals surface area contributed by atoms with Crippen LogP contribution in [0, 0.1) is 11.7 Å². The van der Waals surface area contributed by atoms with Gasteiger partial charge in [0.2, 0.25) is 0 Å². The highest BCUT2D eigenvalue weighted by molar-refractivity contribution is 5.64. The second-order valence-corrected chi connectivity index (χ2v) is 7.56. The molecule has 3 heteroatoms. The fourth-order valence-corrected chi connectivity index (χ4v) is 4.18. The molecule has 3 rings (SSSR count). The maximum atomic E-state index is 14.7. The van der Waals surface area contributed by atoms with Gasteiger partial charge in [-0.15, -0.1) is 0 Å². The van der Waals surface area contributed by atoms with E-state index in [1.54, 1.807) is 12.1 Å². The van der Waals surface area contributed by atoms with Gasteiger partial charge in [0, 0.05) is 17.9 Å². The highest BCUT2D eigenvalue weighted by atomic mass is 19.3. The Kier molecular flexibility index (Phi) is 6.05. The normalized spacial score (nSPS) is 22.3. The summed E-state index contributed by atoms with van der Waals surface area (Å²) < 4.78 is 44.1. The van der Waals surface area contributed by atoms with Crippen molar-refractivity contribution in [2.45, 2.75) is 63.7 Å². The predicted octanol–water partition coefficient (Wildman–Crippen LogP) is 7.59. The Morgan fingerprint density at radius 3 is 2.42 bits per heavy atom. The summed E-state index contributed by atoms with van der Waals surface area (Å²) in [5.41, 5.74) is 1.66. The van der Waals surface area contributed by atoms with Crippen LogP contribution in [0.4, 0.5) is 13.2 Å². The van der Waals surface area contributed by atoms with E-state index in [4.69, 9.17) is 0 Å². The SMILES string of the molecule is CCCCCC1CCC(c2ccc(-c3ccccc3)c(F)c2)C(F)(F)C1. The highest BCUT2D eigenvalue weighted by Crippen LogP contribution is 2.48. The lowest BCUT2D eigenvalue weighted by atomic mass is 9.74. The molecule has 2 aromatic carbocycles. The van der Waals surface area contributed by atoms with Crippen LogP contribution in [0.5, 0.6) is 0 Å². The molecule has 0 aliphatic heterocycles. The van der Waals surface area contributed by atoms with Crippen molar-refractivity contribution in [3.63, 3.8) is 0 Å². The van der Waals surface area contributed by atoms with E-state index >= 15 is 0 Å². The van der Waals surface area contributed by atoms with Crippen LogP contribution in [0.1, 0.15) is 63.4 Å². The molecule has 2 atom stereocenters. The van der Waals surface area contributed by atoms with E-state index in [1.807, 2.05) is 30.3 Å². The third kappa shape index (κ3) is 4.31. The van der Waals surface area contributed by atoms with Gasteiger partial charge in [-0.3, -0.25) is 0 Å². The van der Waals surface area contributed by atoms with Gasteiger partial charge in [-0.25, -0.2) is 13.2 Å². The Morgan fingerprint density at radius 2 is 1.77 bits per heavy atom. The molecule has 0 aromatic heterocycles. The average molecular weight is 360 g/mol. The zero-order valence-electron chi connectivity index (χ0n) is 15.4. The van der Waals surface area contributed by atoms with Crippen LogP contribution in [-0.4, -0.2) is 5.92 Å². The van der Waals surface area contributed by atoms with Gasteiger partial charge in [0.1, 0.15) is 5.82 Å². The number of benzene rings is 2. The largest absolute Gasteiger partial charge is 0.255 e. The van der Waals surface area contributed by atoms with E-state index in [2.05, 4.69) is 6.92 Å². The van der Waals surface area contributed by atoms with Crippen molar-refractivity contribution < 1.29 is 13.2 Å². The summed E-state index contributed by atoms with van der Waals surface area (Å²) in [5.74, 6) is -3.95. The van der Waals surface area contributed by atoms with Crippen molar-refractivity contribution in [2.75, 3.05) is 0 Å². The third-order valence-electron chi connectivity index (χ3n) is 5.63. The number of unbranched alkanes of at least 4 members (excludes halogenated alkanes) is 2.